The molecular weight excluding hydrogens is 352 g/mol. The van der Waals surface area contributed by atoms with Crippen molar-refractivity contribution in [1.29, 1.82) is 0 Å². The average molecular weight is 401 g/mol. The third kappa shape index (κ3) is 3.46. The Hall–Kier alpha value is -0.300. The Morgan fingerprint density at radius 1 is 0.897 bits per heavy atom. The van der Waals surface area contributed by atoms with Gasteiger partial charge in [-0.15, -0.1) is 0 Å². The van der Waals surface area contributed by atoms with Gasteiger partial charge in [-0.3, -0.25) is 0 Å². The van der Waals surface area contributed by atoms with Gasteiger partial charge in [0.2, 0.25) is 0 Å². The first-order valence-electron chi connectivity index (χ1n) is 13.0. The van der Waals surface area contributed by atoms with Crippen molar-refractivity contribution >= 4 is 0 Å². The van der Waals surface area contributed by atoms with Gasteiger partial charge >= 0.3 is 0 Å². The molecule has 4 aliphatic rings. The van der Waals surface area contributed by atoms with E-state index in [1.54, 1.807) is 0 Å². The highest BCUT2D eigenvalue weighted by Crippen LogP contribution is 2.69. The van der Waals surface area contributed by atoms with Gasteiger partial charge < -0.3 is 5.11 Å². The van der Waals surface area contributed by atoms with Crippen LogP contribution in [0.2, 0.25) is 0 Å². The average Bonchev–Trinajstić information content (AvgIpc) is 3.22. The van der Waals surface area contributed by atoms with Crippen molar-refractivity contribution in [3.05, 3.63) is 12.2 Å². The van der Waals surface area contributed by atoms with Crippen molar-refractivity contribution in [3.8, 4) is 0 Å². The molecule has 1 N–H and O–H groups in total. The number of aliphatic hydroxyl groups excluding tert-OH is 1. The van der Waals surface area contributed by atoms with Crippen LogP contribution in [0, 0.1) is 58.2 Å². The maximum atomic E-state index is 9.92. The Balaban J connectivity index is 1.47. The third-order valence-corrected chi connectivity index (χ3v) is 11.3. The molecule has 8 unspecified atom stereocenters. The minimum atomic E-state index is 0.431. The highest BCUT2D eigenvalue weighted by molar-refractivity contribution is 5.11. The van der Waals surface area contributed by atoms with Crippen LogP contribution in [0.3, 0.4) is 0 Å². The molecule has 0 spiro atoms. The van der Waals surface area contributed by atoms with Crippen LogP contribution in [0.1, 0.15) is 98.8 Å². The van der Waals surface area contributed by atoms with E-state index in [1.165, 1.54) is 69.8 Å². The third-order valence-electron chi connectivity index (χ3n) is 11.3. The van der Waals surface area contributed by atoms with E-state index >= 15 is 0 Å². The lowest BCUT2D eigenvalue weighted by Gasteiger charge is -2.58. The van der Waals surface area contributed by atoms with E-state index in [0.717, 1.165) is 35.5 Å². The molecule has 1 nitrogen and oxygen atoms in total. The maximum absolute atomic E-state index is 9.92. The fourth-order valence-corrected chi connectivity index (χ4v) is 9.42. The normalized spacial score (nSPS) is 47.6. The predicted molar refractivity (Wildman–Crippen MR) is 124 cm³/mol. The Bertz CT molecular complexity index is 607. The highest BCUT2D eigenvalue weighted by atomic mass is 16.3. The van der Waals surface area contributed by atoms with Crippen molar-refractivity contribution in [1.82, 2.24) is 0 Å². The molecule has 0 radical (unpaired) electrons. The van der Waals surface area contributed by atoms with Crippen LogP contribution in [-0.2, 0) is 0 Å². The van der Waals surface area contributed by atoms with Gasteiger partial charge in [-0.2, -0.15) is 0 Å². The van der Waals surface area contributed by atoms with Gasteiger partial charge in [0.05, 0.1) is 0 Å². The van der Waals surface area contributed by atoms with Gasteiger partial charge in [0.15, 0.2) is 0 Å². The van der Waals surface area contributed by atoms with Gasteiger partial charge in [0.25, 0.3) is 0 Å². The monoisotopic (exact) mass is 400 g/mol. The zero-order valence-electron chi connectivity index (χ0n) is 20.1. The minimum absolute atomic E-state index is 0.431. The lowest BCUT2D eigenvalue weighted by atomic mass is 9.46. The second-order valence-electron chi connectivity index (χ2n) is 12.6. The van der Waals surface area contributed by atoms with E-state index in [4.69, 9.17) is 0 Å². The van der Waals surface area contributed by atoms with Crippen LogP contribution < -0.4 is 0 Å². The molecule has 0 bridgehead atoms. The Morgan fingerprint density at radius 3 is 2.24 bits per heavy atom. The number of hydrogen-bond acceptors (Lipinski definition) is 1. The van der Waals surface area contributed by atoms with E-state index in [9.17, 15) is 5.11 Å². The standard InChI is InChI=1S/C28H48O/c1-18(2)19(3)7-8-20(4)23-11-12-25-22-9-10-24-21(17-29)13-15-28(24,6)26(22)14-16-27(23,25)5/h18,20-26,29H,3,7-17H2,1-2,4-6H3/t20?,21?,22?,23?,24-,25?,26?,27?,28?/m0/s1. The van der Waals surface area contributed by atoms with Gasteiger partial charge in [0.1, 0.15) is 0 Å². The summed E-state index contributed by atoms with van der Waals surface area (Å²) in [5.41, 5.74) is 2.56. The molecule has 0 amide bonds. The molecule has 0 aliphatic heterocycles. The van der Waals surface area contributed by atoms with Crippen LogP contribution in [0.25, 0.3) is 0 Å². The summed E-state index contributed by atoms with van der Waals surface area (Å²) >= 11 is 0. The highest BCUT2D eigenvalue weighted by Gasteiger charge is 2.61. The summed E-state index contributed by atoms with van der Waals surface area (Å²) in [4.78, 5) is 0. The van der Waals surface area contributed by atoms with Crippen LogP contribution >= 0.6 is 0 Å². The van der Waals surface area contributed by atoms with E-state index in [-0.39, 0.29) is 0 Å². The fraction of sp³-hybridized carbons (Fsp3) is 0.929. The van der Waals surface area contributed by atoms with Crippen molar-refractivity contribution in [2.45, 2.75) is 98.8 Å². The molecule has 166 valence electrons. The lowest BCUT2D eigenvalue weighted by Crippen LogP contribution is -2.51. The number of aliphatic hydroxyl groups is 1. The summed E-state index contributed by atoms with van der Waals surface area (Å²) < 4.78 is 0. The predicted octanol–water partition coefficient (Wildman–Crippen LogP) is 7.49. The molecule has 0 aromatic heterocycles. The summed E-state index contributed by atoms with van der Waals surface area (Å²) in [6, 6.07) is 0. The quantitative estimate of drug-likeness (QED) is 0.458. The van der Waals surface area contributed by atoms with E-state index in [1.807, 2.05) is 0 Å². The zero-order chi connectivity index (χ0) is 21.0. The summed E-state index contributed by atoms with van der Waals surface area (Å²) in [5, 5.41) is 9.92. The van der Waals surface area contributed by atoms with E-state index in [0.29, 0.717) is 29.3 Å². The van der Waals surface area contributed by atoms with Gasteiger partial charge in [-0.1, -0.05) is 46.8 Å². The van der Waals surface area contributed by atoms with Crippen LogP contribution in [0.15, 0.2) is 12.2 Å². The van der Waals surface area contributed by atoms with E-state index < -0.39 is 0 Å². The van der Waals surface area contributed by atoms with Gasteiger partial charge in [-0.05, 0) is 122 Å². The number of hydrogen-bond donors (Lipinski definition) is 1. The van der Waals surface area contributed by atoms with Gasteiger partial charge in [-0.25, -0.2) is 0 Å². The molecule has 0 aromatic rings. The molecule has 4 rings (SSSR count). The van der Waals surface area contributed by atoms with Crippen molar-refractivity contribution in [2.24, 2.45) is 58.2 Å². The first-order valence-corrected chi connectivity index (χ1v) is 13.0. The fourth-order valence-electron chi connectivity index (χ4n) is 9.42. The number of fused-ring (bicyclic) bond motifs is 5. The smallest absolute Gasteiger partial charge is 0.0462 e. The summed E-state index contributed by atoms with van der Waals surface area (Å²) in [7, 11) is 0. The Kier molecular flexibility index (Phi) is 6.04. The Morgan fingerprint density at radius 2 is 1.55 bits per heavy atom. The molecular formula is C28H48O. The molecule has 1 heteroatoms. The minimum Gasteiger partial charge on any atom is -0.396 e. The first-order chi connectivity index (χ1) is 13.7. The SMILES string of the molecule is C=C(CCC(C)C1CCC2C3CC[C@H]4C(CO)CCC4(C)C3CCC12C)C(C)C. The van der Waals surface area contributed by atoms with Crippen LogP contribution in [0.5, 0.6) is 0 Å². The zero-order valence-corrected chi connectivity index (χ0v) is 20.1. The van der Waals surface area contributed by atoms with Crippen molar-refractivity contribution in [3.63, 3.8) is 0 Å². The second-order valence-corrected chi connectivity index (χ2v) is 12.6. The molecule has 0 saturated heterocycles. The number of rotatable bonds is 6. The lowest BCUT2D eigenvalue weighted by molar-refractivity contribution is -0.0975. The molecule has 9 atom stereocenters. The largest absolute Gasteiger partial charge is 0.396 e. The summed E-state index contributed by atoms with van der Waals surface area (Å²) in [5.74, 6) is 6.67. The summed E-state index contributed by atoms with van der Waals surface area (Å²) in [6.45, 7) is 17.2. The molecule has 4 fully saturated rings. The molecule has 4 saturated carbocycles. The molecule has 0 heterocycles. The van der Waals surface area contributed by atoms with Crippen LogP contribution in [0.4, 0.5) is 0 Å². The van der Waals surface area contributed by atoms with Crippen molar-refractivity contribution < 1.29 is 5.11 Å². The Labute approximate surface area is 181 Å². The topological polar surface area (TPSA) is 20.2 Å². The van der Waals surface area contributed by atoms with Gasteiger partial charge in [0, 0.05) is 6.61 Å². The number of allylic oxidation sites excluding steroid dienone is 1. The van der Waals surface area contributed by atoms with Crippen molar-refractivity contribution in [2.75, 3.05) is 6.61 Å². The second kappa shape index (κ2) is 7.99. The first kappa shape index (κ1) is 21.9. The van der Waals surface area contributed by atoms with Crippen LogP contribution in [-0.4, -0.2) is 11.7 Å². The molecule has 0 aromatic carbocycles. The summed E-state index contributed by atoms with van der Waals surface area (Å²) in [6.07, 6.45) is 14.0. The molecule has 29 heavy (non-hydrogen) atoms. The molecule has 4 aliphatic carbocycles. The maximum Gasteiger partial charge on any atom is 0.0462 e. The van der Waals surface area contributed by atoms with E-state index in [2.05, 4.69) is 41.2 Å².